The van der Waals surface area contributed by atoms with Crippen LogP contribution in [0.2, 0.25) is 0 Å². The van der Waals surface area contributed by atoms with Gasteiger partial charge in [-0.05, 0) is 42.6 Å². The number of piperidine rings is 1. The highest BCUT2D eigenvalue weighted by atomic mass is 32.2. The summed E-state index contributed by atoms with van der Waals surface area (Å²) in [6.07, 6.45) is 2.28. The van der Waals surface area contributed by atoms with Crippen LogP contribution in [0, 0.1) is 0 Å². The minimum Gasteiger partial charge on any atom is -0.465 e. The Bertz CT molecular complexity index is 1000. The first kappa shape index (κ1) is 21.6. The van der Waals surface area contributed by atoms with Crippen molar-refractivity contribution in [2.75, 3.05) is 20.2 Å². The number of benzene rings is 2. The van der Waals surface area contributed by atoms with Gasteiger partial charge in [0.15, 0.2) is 5.16 Å². The first-order valence-electron chi connectivity index (χ1n) is 10.6. The lowest BCUT2D eigenvalue weighted by molar-refractivity contribution is 0.0600. The SMILES string of the molecule is COC(=O)c1ccc(CN2CCC[C@H](c3nnc(SCc4ccccc4)n3C)C2)cc1. The van der Waals surface area contributed by atoms with E-state index < -0.39 is 0 Å². The van der Waals surface area contributed by atoms with Crippen LogP contribution >= 0.6 is 11.8 Å². The fourth-order valence-electron chi connectivity index (χ4n) is 4.06. The summed E-state index contributed by atoms with van der Waals surface area (Å²) in [5.74, 6) is 2.05. The molecule has 7 heteroatoms. The van der Waals surface area contributed by atoms with Crippen molar-refractivity contribution in [3.8, 4) is 0 Å². The Balaban J connectivity index is 1.37. The van der Waals surface area contributed by atoms with Gasteiger partial charge in [-0.2, -0.15) is 0 Å². The van der Waals surface area contributed by atoms with Gasteiger partial charge in [0.25, 0.3) is 0 Å². The molecule has 0 N–H and O–H groups in total. The lowest BCUT2D eigenvalue weighted by Gasteiger charge is -2.32. The molecule has 2 heterocycles. The summed E-state index contributed by atoms with van der Waals surface area (Å²) in [4.78, 5) is 14.1. The quantitative estimate of drug-likeness (QED) is 0.407. The van der Waals surface area contributed by atoms with Crippen molar-refractivity contribution in [1.29, 1.82) is 0 Å². The van der Waals surface area contributed by atoms with Crippen LogP contribution in [0.25, 0.3) is 0 Å². The van der Waals surface area contributed by atoms with E-state index in [0.717, 1.165) is 49.2 Å². The number of rotatable bonds is 7. The first-order valence-corrected chi connectivity index (χ1v) is 11.6. The highest BCUT2D eigenvalue weighted by Crippen LogP contribution is 2.29. The minimum atomic E-state index is -0.298. The van der Waals surface area contributed by atoms with E-state index in [2.05, 4.69) is 51.0 Å². The van der Waals surface area contributed by atoms with Crippen molar-refractivity contribution < 1.29 is 9.53 Å². The number of hydrogen-bond acceptors (Lipinski definition) is 6. The molecule has 0 unspecified atom stereocenters. The van der Waals surface area contributed by atoms with E-state index in [9.17, 15) is 4.79 Å². The third kappa shape index (κ3) is 5.35. The van der Waals surface area contributed by atoms with Crippen LogP contribution in [-0.4, -0.2) is 45.8 Å². The van der Waals surface area contributed by atoms with Gasteiger partial charge in [0.2, 0.25) is 0 Å². The Labute approximate surface area is 187 Å². The van der Waals surface area contributed by atoms with Crippen LogP contribution in [-0.2, 0) is 24.1 Å². The van der Waals surface area contributed by atoms with Gasteiger partial charge in [-0.3, -0.25) is 4.90 Å². The molecule has 3 aromatic rings. The molecule has 1 atom stereocenters. The summed E-state index contributed by atoms with van der Waals surface area (Å²) in [7, 11) is 3.48. The molecule has 1 fully saturated rings. The van der Waals surface area contributed by atoms with Crippen LogP contribution in [0.3, 0.4) is 0 Å². The second kappa shape index (κ2) is 10.1. The Morgan fingerprint density at radius 3 is 2.61 bits per heavy atom. The van der Waals surface area contributed by atoms with Crippen molar-refractivity contribution >= 4 is 17.7 Å². The van der Waals surface area contributed by atoms with Crippen LogP contribution in [0.15, 0.2) is 59.8 Å². The van der Waals surface area contributed by atoms with Crippen molar-refractivity contribution in [3.63, 3.8) is 0 Å². The summed E-state index contributed by atoms with van der Waals surface area (Å²) in [6.45, 7) is 2.90. The largest absolute Gasteiger partial charge is 0.465 e. The molecule has 0 radical (unpaired) electrons. The predicted molar refractivity (Wildman–Crippen MR) is 122 cm³/mol. The summed E-state index contributed by atoms with van der Waals surface area (Å²) in [6, 6.07) is 18.1. The third-order valence-electron chi connectivity index (χ3n) is 5.73. The van der Waals surface area contributed by atoms with E-state index in [4.69, 9.17) is 4.74 Å². The highest BCUT2D eigenvalue weighted by Gasteiger charge is 2.26. The van der Waals surface area contributed by atoms with Crippen LogP contribution in [0.1, 0.15) is 46.1 Å². The summed E-state index contributed by atoms with van der Waals surface area (Å²) < 4.78 is 6.94. The maximum Gasteiger partial charge on any atom is 0.337 e. The lowest BCUT2D eigenvalue weighted by Crippen LogP contribution is -2.34. The van der Waals surface area contributed by atoms with E-state index in [0.29, 0.717) is 11.5 Å². The smallest absolute Gasteiger partial charge is 0.337 e. The second-order valence-electron chi connectivity index (χ2n) is 7.94. The van der Waals surface area contributed by atoms with Gasteiger partial charge >= 0.3 is 5.97 Å². The Morgan fingerprint density at radius 2 is 1.87 bits per heavy atom. The normalized spacial score (nSPS) is 16.9. The summed E-state index contributed by atoms with van der Waals surface area (Å²) >= 11 is 1.73. The topological polar surface area (TPSA) is 60.2 Å². The number of likely N-dealkylation sites (tertiary alicyclic amines) is 1. The molecule has 1 aromatic heterocycles. The molecule has 0 amide bonds. The van der Waals surface area contributed by atoms with Crippen molar-refractivity contribution in [2.45, 2.75) is 36.2 Å². The summed E-state index contributed by atoms with van der Waals surface area (Å²) in [5, 5.41) is 9.98. The molecule has 31 heavy (non-hydrogen) atoms. The van der Waals surface area contributed by atoms with Gasteiger partial charge in [-0.15, -0.1) is 10.2 Å². The maximum absolute atomic E-state index is 11.6. The van der Waals surface area contributed by atoms with E-state index in [-0.39, 0.29) is 5.97 Å². The van der Waals surface area contributed by atoms with Crippen molar-refractivity contribution in [2.24, 2.45) is 7.05 Å². The number of thioether (sulfide) groups is 1. The van der Waals surface area contributed by atoms with Crippen LogP contribution in [0.4, 0.5) is 0 Å². The van der Waals surface area contributed by atoms with Crippen LogP contribution in [0.5, 0.6) is 0 Å². The maximum atomic E-state index is 11.6. The molecule has 162 valence electrons. The van der Waals surface area contributed by atoms with Gasteiger partial charge < -0.3 is 9.30 Å². The molecule has 0 aliphatic carbocycles. The van der Waals surface area contributed by atoms with Gasteiger partial charge in [-0.25, -0.2) is 4.79 Å². The predicted octanol–water partition coefficient (Wildman–Crippen LogP) is 4.27. The Morgan fingerprint density at radius 1 is 1.10 bits per heavy atom. The number of esters is 1. The van der Waals surface area contributed by atoms with Crippen LogP contribution < -0.4 is 0 Å². The molecular weight excluding hydrogens is 408 g/mol. The standard InChI is InChI=1S/C24H28N4O2S/c1-27-22(25-26-24(27)31-17-19-7-4-3-5-8-19)21-9-6-14-28(16-21)15-18-10-12-20(13-11-18)23(29)30-2/h3-5,7-8,10-13,21H,6,9,14-17H2,1-2H3/t21-/m0/s1. The number of nitrogens with zero attached hydrogens (tertiary/aromatic N) is 4. The zero-order chi connectivity index (χ0) is 21.6. The molecule has 1 aliphatic rings. The molecule has 1 aliphatic heterocycles. The number of aromatic nitrogens is 3. The molecular formula is C24H28N4O2S. The average molecular weight is 437 g/mol. The molecule has 6 nitrogen and oxygen atoms in total. The zero-order valence-corrected chi connectivity index (χ0v) is 18.8. The molecule has 0 saturated carbocycles. The summed E-state index contributed by atoms with van der Waals surface area (Å²) in [5.41, 5.74) is 3.08. The highest BCUT2D eigenvalue weighted by molar-refractivity contribution is 7.98. The second-order valence-corrected chi connectivity index (χ2v) is 8.88. The monoisotopic (exact) mass is 436 g/mol. The zero-order valence-electron chi connectivity index (χ0n) is 18.0. The van der Waals surface area contributed by atoms with E-state index in [1.54, 1.807) is 11.8 Å². The minimum absolute atomic E-state index is 0.298. The van der Waals surface area contributed by atoms with Gasteiger partial charge in [0.1, 0.15) is 5.82 Å². The average Bonchev–Trinajstić information content (AvgIpc) is 3.19. The number of carbonyl (C=O) groups excluding carboxylic acids is 1. The molecule has 0 spiro atoms. The van der Waals surface area contributed by atoms with E-state index in [1.807, 2.05) is 30.3 Å². The number of methoxy groups -OCH3 is 1. The van der Waals surface area contributed by atoms with E-state index in [1.165, 1.54) is 18.2 Å². The number of ether oxygens (including phenoxy) is 1. The lowest BCUT2D eigenvalue weighted by atomic mass is 9.96. The Kier molecular flexibility index (Phi) is 7.04. The van der Waals surface area contributed by atoms with Crippen molar-refractivity contribution in [1.82, 2.24) is 19.7 Å². The molecule has 0 bridgehead atoms. The number of hydrogen-bond donors (Lipinski definition) is 0. The fourth-order valence-corrected chi connectivity index (χ4v) is 4.94. The fraction of sp³-hybridized carbons (Fsp3) is 0.375. The molecule has 2 aromatic carbocycles. The Hall–Kier alpha value is -2.64. The molecule has 4 rings (SSSR count). The van der Waals surface area contributed by atoms with Gasteiger partial charge in [-0.1, -0.05) is 54.2 Å². The molecule has 1 saturated heterocycles. The first-order chi connectivity index (χ1) is 15.1. The van der Waals surface area contributed by atoms with Crippen molar-refractivity contribution in [3.05, 3.63) is 77.1 Å². The number of carbonyl (C=O) groups is 1. The third-order valence-corrected chi connectivity index (χ3v) is 6.82. The van der Waals surface area contributed by atoms with Gasteiger partial charge in [0, 0.05) is 31.8 Å². The van der Waals surface area contributed by atoms with Gasteiger partial charge in [0.05, 0.1) is 12.7 Å². The van der Waals surface area contributed by atoms with E-state index >= 15 is 0 Å².